The third-order valence-electron chi connectivity index (χ3n) is 3.68. The fourth-order valence-electron chi connectivity index (χ4n) is 2.35. The van der Waals surface area contributed by atoms with Crippen LogP contribution in [0, 0.1) is 0 Å². The molecule has 26 heavy (non-hydrogen) atoms. The quantitative estimate of drug-likeness (QED) is 0.709. The Hall–Kier alpha value is -3.00. The fourth-order valence-corrected chi connectivity index (χ4v) is 2.71. The van der Waals surface area contributed by atoms with Gasteiger partial charge in [0.2, 0.25) is 5.95 Å². The van der Waals surface area contributed by atoms with Gasteiger partial charge in [-0.25, -0.2) is 9.97 Å². The van der Waals surface area contributed by atoms with E-state index in [1.165, 1.54) is 13.1 Å². The van der Waals surface area contributed by atoms with Gasteiger partial charge in [0, 0.05) is 31.7 Å². The van der Waals surface area contributed by atoms with Gasteiger partial charge in [0.1, 0.15) is 0 Å². The van der Waals surface area contributed by atoms with Crippen LogP contribution >= 0.6 is 11.6 Å². The van der Waals surface area contributed by atoms with Crippen molar-refractivity contribution in [3.05, 3.63) is 53.2 Å². The van der Waals surface area contributed by atoms with Crippen LogP contribution in [0.15, 0.2) is 41.3 Å². The summed E-state index contributed by atoms with van der Waals surface area (Å²) in [6.07, 6.45) is 4.85. The number of hydrogen-bond donors (Lipinski definition) is 2. The number of aromatic nitrogens is 4. The molecule has 0 spiro atoms. The Morgan fingerprint density at radius 3 is 2.62 bits per heavy atom. The van der Waals surface area contributed by atoms with E-state index < -0.39 is 5.54 Å². The Balaban J connectivity index is 1.78. The summed E-state index contributed by atoms with van der Waals surface area (Å²) in [6.45, 7) is 3.87. The monoisotopic (exact) mass is 372 g/mol. The first-order chi connectivity index (χ1) is 12.4. The summed E-state index contributed by atoms with van der Waals surface area (Å²) in [5.41, 5.74) is 0.917. The maximum atomic E-state index is 11.5. The minimum absolute atomic E-state index is 0.190. The van der Waals surface area contributed by atoms with Crippen molar-refractivity contribution in [1.82, 2.24) is 25.4 Å². The molecule has 0 fully saturated rings. The van der Waals surface area contributed by atoms with Gasteiger partial charge in [-0.05, 0) is 26.0 Å². The van der Waals surface area contributed by atoms with E-state index in [-0.39, 0.29) is 11.6 Å². The zero-order valence-corrected chi connectivity index (χ0v) is 15.2. The molecule has 0 saturated carbocycles. The van der Waals surface area contributed by atoms with Crippen LogP contribution in [0.4, 0.5) is 5.95 Å². The Bertz CT molecular complexity index is 923. The van der Waals surface area contributed by atoms with Crippen molar-refractivity contribution in [2.75, 3.05) is 12.4 Å². The second-order valence-corrected chi connectivity index (χ2v) is 6.44. The van der Waals surface area contributed by atoms with Gasteiger partial charge in [-0.2, -0.15) is 0 Å². The highest BCUT2D eigenvalue weighted by Crippen LogP contribution is 2.28. The molecule has 1 amide bonds. The normalized spacial score (nSPS) is 11.2. The third kappa shape index (κ3) is 3.65. The molecule has 0 atom stereocenters. The van der Waals surface area contributed by atoms with Gasteiger partial charge in [0.25, 0.3) is 5.91 Å². The van der Waals surface area contributed by atoms with Crippen LogP contribution in [0.25, 0.3) is 11.3 Å². The van der Waals surface area contributed by atoms with Crippen molar-refractivity contribution in [2.45, 2.75) is 19.4 Å². The Morgan fingerprint density at radius 1 is 1.23 bits per heavy atom. The first-order valence-corrected chi connectivity index (χ1v) is 8.19. The molecule has 0 unspecified atom stereocenters. The first kappa shape index (κ1) is 17.8. The molecule has 3 aromatic rings. The van der Waals surface area contributed by atoms with E-state index >= 15 is 0 Å². The fraction of sp³-hybridized carbons (Fsp3) is 0.235. The van der Waals surface area contributed by atoms with Crippen LogP contribution in [-0.2, 0) is 5.54 Å². The predicted octanol–water partition coefficient (Wildman–Crippen LogP) is 2.89. The molecule has 0 aliphatic rings. The molecule has 134 valence electrons. The summed E-state index contributed by atoms with van der Waals surface area (Å²) in [5.74, 6) is 0.488. The largest absolute Gasteiger partial charge is 0.355 e. The molecule has 0 aromatic carbocycles. The van der Waals surface area contributed by atoms with Crippen molar-refractivity contribution in [3.8, 4) is 11.3 Å². The van der Waals surface area contributed by atoms with Crippen LogP contribution < -0.4 is 10.6 Å². The van der Waals surface area contributed by atoms with Crippen LogP contribution in [0.3, 0.4) is 0 Å². The van der Waals surface area contributed by atoms with E-state index in [9.17, 15) is 4.79 Å². The molecule has 8 nitrogen and oxygen atoms in total. The summed E-state index contributed by atoms with van der Waals surface area (Å²) < 4.78 is 5.16. The van der Waals surface area contributed by atoms with Crippen molar-refractivity contribution < 1.29 is 9.32 Å². The van der Waals surface area contributed by atoms with Gasteiger partial charge in [0.05, 0.1) is 21.8 Å². The lowest BCUT2D eigenvalue weighted by Gasteiger charge is -2.26. The Labute approximate surface area is 155 Å². The highest BCUT2D eigenvalue weighted by Gasteiger charge is 2.25. The summed E-state index contributed by atoms with van der Waals surface area (Å²) in [5, 5.41) is 9.96. The number of anilines is 1. The zero-order chi connectivity index (χ0) is 18.7. The van der Waals surface area contributed by atoms with Gasteiger partial charge < -0.3 is 15.2 Å². The topological polar surface area (TPSA) is 106 Å². The second kappa shape index (κ2) is 7.09. The molecular formula is C17H17ClN6O2. The highest BCUT2D eigenvalue weighted by atomic mass is 35.5. The maximum absolute atomic E-state index is 11.5. The molecule has 3 rings (SSSR count). The Kier molecular flexibility index (Phi) is 4.85. The van der Waals surface area contributed by atoms with E-state index in [2.05, 4.69) is 30.7 Å². The van der Waals surface area contributed by atoms with Crippen molar-refractivity contribution in [1.29, 1.82) is 0 Å². The minimum atomic E-state index is -0.571. The van der Waals surface area contributed by atoms with E-state index in [1.54, 1.807) is 30.7 Å². The number of halogens is 1. The molecular weight excluding hydrogens is 356 g/mol. The van der Waals surface area contributed by atoms with Gasteiger partial charge >= 0.3 is 0 Å². The van der Waals surface area contributed by atoms with Crippen LogP contribution in [0.5, 0.6) is 0 Å². The van der Waals surface area contributed by atoms with Crippen LogP contribution in [0.2, 0.25) is 5.02 Å². The smallest absolute Gasteiger partial charge is 0.273 e. The SMILES string of the molecule is CNC(=O)c1cc(-c2cnc(NC(C)(C)c3ncccc3Cl)nc2)on1. The number of pyridine rings is 1. The lowest BCUT2D eigenvalue weighted by Crippen LogP contribution is -2.30. The summed E-state index contributed by atoms with van der Waals surface area (Å²) >= 11 is 6.22. The molecule has 0 aliphatic heterocycles. The maximum Gasteiger partial charge on any atom is 0.273 e. The molecule has 2 N–H and O–H groups in total. The van der Waals surface area contributed by atoms with Gasteiger partial charge in [0.15, 0.2) is 11.5 Å². The third-order valence-corrected chi connectivity index (χ3v) is 3.99. The van der Waals surface area contributed by atoms with E-state index in [0.717, 1.165) is 0 Å². The van der Waals surface area contributed by atoms with Gasteiger partial charge in [-0.3, -0.25) is 9.78 Å². The molecule has 0 bridgehead atoms. The minimum Gasteiger partial charge on any atom is -0.355 e. The number of nitrogens with one attached hydrogen (secondary N) is 2. The summed E-state index contributed by atoms with van der Waals surface area (Å²) in [4.78, 5) is 24.4. The zero-order valence-electron chi connectivity index (χ0n) is 14.4. The Morgan fingerprint density at radius 2 is 1.96 bits per heavy atom. The lowest BCUT2D eigenvalue weighted by molar-refractivity contribution is 0.0954. The number of rotatable bonds is 5. The van der Waals surface area contributed by atoms with Crippen LogP contribution in [0.1, 0.15) is 30.0 Å². The number of carbonyl (C=O) groups is 1. The summed E-state index contributed by atoms with van der Waals surface area (Å²) in [6, 6.07) is 5.09. The lowest BCUT2D eigenvalue weighted by atomic mass is 10.00. The second-order valence-electron chi connectivity index (χ2n) is 6.03. The molecule has 0 saturated heterocycles. The predicted molar refractivity (Wildman–Crippen MR) is 96.8 cm³/mol. The van der Waals surface area contributed by atoms with Crippen molar-refractivity contribution in [2.24, 2.45) is 0 Å². The number of carbonyl (C=O) groups excluding carboxylic acids is 1. The standard InChI is InChI=1S/C17H17ClN6O2/c1-17(2,14-11(18)5-4-6-20-14)23-16-21-8-10(9-22-16)13-7-12(24-26-13)15(25)19-3/h4-9H,1-3H3,(H,19,25)(H,21,22,23). The van der Waals surface area contributed by atoms with E-state index in [0.29, 0.717) is 28.0 Å². The molecule has 0 radical (unpaired) electrons. The van der Waals surface area contributed by atoms with Gasteiger partial charge in [-0.15, -0.1) is 0 Å². The van der Waals surface area contributed by atoms with Crippen LogP contribution in [-0.4, -0.2) is 33.1 Å². The van der Waals surface area contributed by atoms with Crippen molar-refractivity contribution >= 4 is 23.5 Å². The highest BCUT2D eigenvalue weighted by molar-refractivity contribution is 6.31. The molecule has 3 heterocycles. The number of hydrogen-bond acceptors (Lipinski definition) is 7. The van der Waals surface area contributed by atoms with Gasteiger partial charge in [-0.1, -0.05) is 16.8 Å². The number of nitrogens with zero attached hydrogens (tertiary/aromatic N) is 4. The molecule has 9 heteroatoms. The molecule has 3 aromatic heterocycles. The van der Waals surface area contributed by atoms with Crippen molar-refractivity contribution in [3.63, 3.8) is 0 Å². The average molecular weight is 373 g/mol. The first-order valence-electron chi connectivity index (χ1n) is 7.81. The van der Waals surface area contributed by atoms with E-state index in [4.69, 9.17) is 16.1 Å². The average Bonchev–Trinajstić information content (AvgIpc) is 3.11. The summed E-state index contributed by atoms with van der Waals surface area (Å²) in [7, 11) is 1.52. The van der Waals surface area contributed by atoms with E-state index in [1.807, 2.05) is 13.8 Å². The number of amides is 1. The molecule has 0 aliphatic carbocycles.